The van der Waals surface area contributed by atoms with Gasteiger partial charge in [-0.25, -0.2) is 0 Å². The Morgan fingerprint density at radius 1 is 1.11 bits per heavy atom. The summed E-state index contributed by atoms with van der Waals surface area (Å²) in [6, 6.07) is 18.4. The fraction of sp³-hybridized carbons (Fsp3) is 0.364. The molecule has 2 aromatic rings. The zero-order valence-corrected chi connectivity index (χ0v) is 16.8. The van der Waals surface area contributed by atoms with E-state index < -0.39 is 0 Å². The van der Waals surface area contributed by atoms with Crippen LogP contribution in [0.2, 0.25) is 0 Å². The lowest BCUT2D eigenvalue weighted by Crippen LogP contribution is -2.33. The summed E-state index contributed by atoms with van der Waals surface area (Å²) >= 11 is 5.54. The highest BCUT2D eigenvalue weighted by Gasteiger charge is 2.21. The number of benzene rings is 2. The summed E-state index contributed by atoms with van der Waals surface area (Å²) in [6.45, 7) is 5.23. The summed E-state index contributed by atoms with van der Waals surface area (Å²) in [5, 5.41) is 7.31. The molecule has 0 spiro atoms. The van der Waals surface area contributed by atoms with E-state index in [0.29, 0.717) is 17.5 Å². The van der Waals surface area contributed by atoms with E-state index in [1.54, 1.807) is 0 Å². The van der Waals surface area contributed by atoms with Gasteiger partial charge in [-0.2, -0.15) is 0 Å². The molecule has 1 saturated heterocycles. The van der Waals surface area contributed by atoms with Crippen LogP contribution in [-0.2, 0) is 4.79 Å². The Kier molecular flexibility index (Phi) is 6.45. The third kappa shape index (κ3) is 5.30. The second-order valence-electron chi connectivity index (χ2n) is 7.39. The predicted octanol–water partition coefficient (Wildman–Crippen LogP) is 4.89. The Bertz CT molecular complexity index is 774. The average Bonchev–Trinajstić information content (AvgIpc) is 3.08. The number of nitrogens with one attached hydrogen (secondary N) is 2. The SMILES string of the molecule is CC(C)C[C@@H](NC(=S)Nc1ccc(N2CCCC2=O)cc1)c1ccccc1. The number of carbonyl (C=O) groups excluding carboxylic acids is 1. The second kappa shape index (κ2) is 9.00. The van der Waals surface area contributed by atoms with Crippen LogP contribution in [0, 0.1) is 5.92 Å². The first-order chi connectivity index (χ1) is 13.0. The Hall–Kier alpha value is -2.40. The molecule has 1 aliphatic rings. The van der Waals surface area contributed by atoms with E-state index in [1.807, 2.05) is 35.2 Å². The van der Waals surface area contributed by atoms with E-state index in [0.717, 1.165) is 30.8 Å². The quantitative estimate of drug-likeness (QED) is 0.700. The molecular formula is C22H27N3OS. The van der Waals surface area contributed by atoms with E-state index in [9.17, 15) is 4.79 Å². The standard InChI is InChI=1S/C22H27N3OS/c1-16(2)15-20(17-7-4-3-5-8-17)24-22(27)23-18-10-12-19(13-11-18)25-14-6-9-21(25)26/h3-5,7-8,10-13,16,20H,6,9,14-15H2,1-2H3,(H2,23,24,27)/t20-/m1/s1. The highest BCUT2D eigenvalue weighted by atomic mass is 32.1. The molecule has 1 atom stereocenters. The van der Waals surface area contributed by atoms with Crippen LogP contribution in [0.5, 0.6) is 0 Å². The van der Waals surface area contributed by atoms with Gasteiger partial charge in [-0.15, -0.1) is 0 Å². The summed E-state index contributed by atoms with van der Waals surface area (Å²) in [4.78, 5) is 13.7. The number of rotatable bonds is 6. The van der Waals surface area contributed by atoms with E-state index >= 15 is 0 Å². The molecule has 142 valence electrons. The van der Waals surface area contributed by atoms with E-state index in [4.69, 9.17) is 12.2 Å². The van der Waals surface area contributed by atoms with Gasteiger partial charge < -0.3 is 15.5 Å². The summed E-state index contributed by atoms with van der Waals surface area (Å²) in [7, 11) is 0. The van der Waals surface area contributed by atoms with Crippen LogP contribution in [-0.4, -0.2) is 17.6 Å². The van der Waals surface area contributed by atoms with Crippen LogP contribution in [0.15, 0.2) is 54.6 Å². The van der Waals surface area contributed by atoms with Crippen LogP contribution >= 0.6 is 12.2 Å². The van der Waals surface area contributed by atoms with Gasteiger partial charge in [0.05, 0.1) is 6.04 Å². The number of anilines is 2. The van der Waals surface area contributed by atoms with Crippen LogP contribution in [0.1, 0.15) is 44.7 Å². The minimum absolute atomic E-state index is 0.174. The van der Waals surface area contributed by atoms with Crippen molar-refractivity contribution in [2.45, 2.75) is 39.2 Å². The van der Waals surface area contributed by atoms with Gasteiger partial charge in [-0.1, -0.05) is 44.2 Å². The zero-order chi connectivity index (χ0) is 19.2. The Morgan fingerprint density at radius 3 is 2.41 bits per heavy atom. The molecule has 1 aliphatic heterocycles. The Balaban J connectivity index is 1.62. The number of amides is 1. The monoisotopic (exact) mass is 381 g/mol. The molecule has 5 heteroatoms. The highest BCUT2D eigenvalue weighted by molar-refractivity contribution is 7.80. The molecule has 27 heavy (non-hydrogen) atoms. The lowest BCUT2D eigenvalue weighted by Gasteiger charge is -2.23. The van der Waals surface area contributed by atoms with E-state index in [2.05, 4.69) is 48.7 Å². The molecular weight excluding hydrogens is 354 g/mol. The zero-order valence-electron chi connectivity index (χ0n) is 15.9. The second-order valence-corrected chi connectivity index (χ2v) is 7.80. The van der Waals surface area contributed by atoms with Gasteiger partial charge in [0.25, 0.3) is 0 Å². The predicted molar refractivity (Wildman–Crippen MR) is 116 cm³/mol. The molecule has 4 nitrogen and oxygen atoms in total. The minimum atomic E-state index is 0.174. The first-order valence-corrected chi connectivity index (χ1v) is 9.96. The molecule has 0 radical (unpaired) electrons. The molecule has 1 fully saturated rings. The van der Waals surface area contributed by atoms with Crippen LogP contribution in [0.3, 0.4) is 0 Å². The molecule has 1 heterocycles. The van der Waals surface area contributed by atoms with E-state index in [1.165, 1.54) is 5.56 Å². The van der Waals surface area contributed by atoms with Crippen molar-refractivity contribution in [3.63, 3.8) is 0 Å². The largest absolute Gasteiger partial charge is 0.356 e. The first kappa shape index (κ1) is 19.4. The van der Waals surface area contributed by atoms with Gasteiger partial charge >= 0.3 is 0 Å². The molecule has 0 bridgehead atoms. The third-order valence-electron chi connectivity index (χ3n) is 4.72. The van der Waals surface area contributed by atoms with Gasteiger partial charge in [0.1, 0.15) is 0 Å². The molecule has 3 rings (SSSR count). The van der Waals surface area contributed by atoms with Gasteiger partial charge in [-0.3, -0.25) is 4.79 Å². The van der Waals surface area contributed by atoms with Gasteiger partial charge in [-0.05, 0) is 60.8 Å². The summed E-state index contributed by atoms with van der Waals surface area (Å²) < 4.78 is 0. The minimum Gasteiger partial charge on any atom is -0.356 e. The highest BCUT2D eigenvalue weighted by Crippen LogP contribution is 2.24. The van der Waals surface area contributed by atoms with Gasteiger partial charge in [0.15, 0.2) is 5.11 Å². The van der Waals surface area contributed by atoms with Crippen LogP contribution in [0.25, 0.3) is 0 Å². The fourth-order valence-electron chi connectivity index (χ4n) is 3.41. The molecule has 0 unspecified atom stereocenters. The van der Waals surface area contributed by atoms with Crippen molar-refractivity contribution >= 4 is 34.6 Å². The summed E-state index contributed by atoms with van der Waals surface area (Å²) in [5.41, 5.74) is 3.10. The Morgan fingerprint density at radius 2 is 1.81 bits per heavy atom. The molecule has 0 aromatic heterocycles. The van der Waals surface area contributed by atoms with Gasteiger partial charge in [0, 0.05) is 24.3 Å². The maximum atomic E-state index is 11.9. The molecule has 0 saturated carbocycles. The van der Waals surface area contributed by atoms with Crippen molar-refractivity contribution < 1.29 is 4.79 Å². The number of hydrogen-bond acceptors (Lipinski definition) is 2. The lowest BCUT2D eigenvalue weighted by atomic mass is 9.97. The van der Waals surface area contributed by atoms with Crippen LogP contribution < -0.4 is 15.5 Å². The van der Waals surface area contributed by atoms with Crippen molar-refractivity contribution in [3.05, 3.63) is 60.2 Å². The van der Waals surface area contributed by atoms with Crippen molar-refractivity contribution in [1.29, 1.82) is 0 Å². The maximum absolute atomic E-state index is 11.9. The number of nitrogens with zero attached hydrogens (tertiary/aromatic N) is 1. The topological polar surface area (TPSA) is 44.4 Å². The normalized spacial score (nSPS) is 15.1. The fourth-order valence-corrected chi connectivity index (χ4v) is 3.67. The maximum Gasteiger partial charge on any atom is 0.227 e. The number of hydrogen-bond donors (Lipinski definition) is 2. The van der Waals surface area contributed by atoms with Crippen molar-refractivity contribution in [3.8, 4) is 0 Å². The number of carbonyl (C=O) groups is 1. The first-order valence-electron chi connectivity index (χ1n) is 9.56. The Labute approximate surface area is 167 Å². The van der Waals surface area contributed by atoms with Crippen molar-refractivity contribution in [2.75, 3.05) is 16.8 Å². The van der Waals surface area contributed by atoms with Crippen molar-refractivity contribution in [2.24, 2.45) is 5.92 Å². The molecule has 1 amide bonds. The van der Waals surface area contributed by atoms with Crippen LogP contribution in [0.4, 0.5) is 11.4 Å². The molecule has 2 N–H and O–H groups in total. The average molecular weight is 382 g/mol. The van der Waals surface area contributed by atoms with E-state index in [-0.39, 0.29) is 11.9 Å². The molecule has 0 aliphatic carbocycles. The number of thiocarbonyl (C=S) groups is 1. The smallest absolute Gasteiger partial charge is 0.227 e. The van der Waals surface area contributed by atoms with Crippen molar-refractivity contribution in [1.82, 2.24) is 5.32 Å². The summed E-state index contributed by atoms with van der Waals surface area (Å²) in [6.07, 6.45) is 2.58. The molecule has 2 aromatic carbocycles. The summed E-state index contributed by atoms with van der Waals surface area (Å²) in [5.74, 6) is 0.759. The third-order valence-corrected chi connectivity index (χ3v) is 4.94. The lowest BCUT2D eigenvalue weighted by molar-refractivity contribution is -0.117. The van der Waals surface area contributed by atoms with Gasteiger partial charge in [0.2, 0.25) is 5.91 Å².